The molecule has 7 nitrogen and oxygen atoms in total. The topological polar surface area (TPSA) is 71.7 Å². The van der Waals surface area contributed by atoms with E-state index in [-0.39, 0.29) is 24.9 Å². The minimum absolute atomic E-state index is 0.0678. The lowest BCUT2D eigenvalue weighted by molar-refractivity contribution is -0.123. The summed E-state index contributed by atoms with van der Waals surface area (Å²) in [5.74, 6) is 0.252. The fourth-order valence-corrected chi connectivity index (χ4v) is 2.91. The maximum absolute atomic E-state index is 13.7. The van der Waals surface area contributed by atoms with Gasteiger partial charge >= 0.3 is 0 Å². The first-order valence-electron chi connectivity index (χ1n) is 8.30. The number of hydrogen-bond acceptors (Lipinski definition) is 6. The second-order valence-electron chi connectivity index (χ2n) is 5.89. The molecular formula is C17H21FN4O3. The SMILES string of the molecule is CCCN1CCN(C(=O)COCc2nc(C)no2)c2cc(F)ccc21. The molecule has 0 atom stereocenters. The fraction of sp³-hybridized carbons (Fsp3) is 0.471. The molecule has 8 heteroatoms. The number of amides is 1. The van der Waals surface area contributed by atoms with Crippen molar-refractivity contribution in [2.24, 2.45) is 0 Å². The second-order valence-corrected chi connectivity index (χ2v) is 5.89. The van der Waals surface area contributed by atoms with E-state index in [2.05, 4.69) is 22.0 Å². The lowest BCUT2D eigenvalue weighted by atomic mass is 10.1. The molecule has 0 N–H and O–H groups in total. The van der Waals surface area contributed by atoms with E-state index in [1.807, 2.05) is 0 Å². The molecule has 0 bridgehead atoms. The van der Waals surface area contributed by atoms with E-state index in [0.29, 0.717) is 30.5 Å². The molecule has 0 saturated carbocycles. The molecule has 0 fully saturated rings. The molecule has 0 aliphatic carbocycles. The van der Waals surface area contributed by atoms with Crippen LogP contribution in [0, 0.1) is 12.7 Å². The largest absolute Gasteiger partial charge is 0.368 e. The molecule has 3 rings (SSSR count). The third kappa shape index (κ3) is 3.96. The quantitative estimate of drug-likeness (QED) is 0.798. The zero-order valence-electron chi connectivity index (χ0n) is 14.4. The summed E-state index contributed by atoms with van der Waals surface area (Å²) in [4.78, 5) is 20.3. The number of ether oxygens (including phenoxy) is 1. The van der Waals surface area contributed by atoms with Gasteiger partial charge < -0.3 is 19.1 Å². The van der Waals surface area contributed by atoms with Crippen molar-refractivity contribution >= 4 is 17.3 Å². The highest BCUT2D eigenvalue weighted by molar-refractivity contribution is 5.98. The van der Waals surface area contributed by atoms with E-state index in [4.69, 9.17) is 9.26 Å². The monoisotopic (exact) mass is 348 g/mol. The summed E-state index contributed by atoms with van der Waals surface area (Å²) in [6, 6.07) is 4.54. The molecular weight excluding hydrogens is 327 g/mol. The number of aryl methyl sites for hydroxylation is 1. The van der Waals surface area contributed by atoms with Crippen molar-refractivity contribution in [3.05, 3.63) is 35.7 Å². The Hall–Kier alpha value is -2.48. The molecule has 2 heterocycles. The van der Waals surface area contributed by atoms with Crippen molar-refractivity contribution < 1.29 is 18.4 Å². The number of halogens is 1. The number of carbonyl (C=O) groups excluding carboxylic acids is 1. The standard InChI is InChI=1S/C17H21FN4O3/c1-3-6-21-7-8-22(15-9-13(18)4-5-14(15)21)17(23)11-24-10-16-19-12(2)20-25-16/h4-5,9H,3,6-8,10-11H2,1-2H3. The van der Waals surface area contributed by atoms with Crippen molar-refractivity contribution in [3.8, 4) is 0 Å². The van der Waals surface area contributed by atoms with Crippen LogP contribution >= 0.6 is 0 Å². The van der Waals surface area contributed by atoms with E-state index >= 15 is 0 Å². The smallest absolute Gasteiger partial charge is 0.253 e. The van der Waals surface area contributed by atoms with Crippen LogP contribution in [0.15, 0.2) is 22.7 Å². The van der Waals surface area contributed by atoms with Gasteiger partial charge in [0.1, 0.15) is 19.0 Å². The van der Waals surface area contributed by atoms with Gasteiger partial charge in [-0.25, -0.2) is 4.39 Å². The molecule has 0 saturated heterocycles. The number of anilines is 2. The third-order valence-electron chi connectivity index (χ3n) is 3.98. The predicted octanol–water partition coefficient (Wildman–Crippen LogP) is 2.30. The van der Waals surface area contributed by atoms with Crippen molar-refractivity contribution in [1.82, 2.24) is 10.1 Å². The summed E-state index contributed by atoms with van der Waals surface area (Å²) in [6.45, 7) is 5.81. The molecule has 0 unspecified atom stereocenters. The average molecular weight is 348 g/mol. The maximum atomic E-state index is 13.7. The molecule has 1 amide bonds. The van der Waals surface area contributed by atoms with Gasteiger partial charge in [-0.05, 0) is 31.5 Å². The van der Waals surface area contributed by atoms with E-state index in [9.17, 15) is 9.18 Å². The van der Waals surface area contributed by atoms with Crippen LogP contribution in [-0.2, 0) is 16.1 Å². The Balaban J connectivity index is 1.68. The molecule has 0 spiro atoms. The number of fused-ring (bicyclic) bond motifs is 1. The van der Waals surface area contributed by atoms with E-state index < -0.39 is 0 Å². The highest BCUT2D eigenvalue weighted by atomic mass is 19.1. The maximum Gasteiger partial charge on any atom is 0.253 e. The van der Waals surface area contributed by atoms with Crippen LogP contribution in [0.2, 0.25) is 0 Å². The summed E-state index contributed by atoms with van der Waals surface area (Å²) in [5, 5.41) is 3.66. The Kier molecular flexibility index (Phi) is 5.28. The highest BCUT2D eigenvalue weighted by Gasteiger charge is 2.27. The van der Waals surface area contributed by atoms with Crippen LogP contribution in [0.5, 0.6) is 0 Å². The molecule has 1 aliphatic rings. The first-order valence-corrected chi connectivity index (χ1v) is 8.30. The first-order chi connectivity index (χ1) is 12.1. The van der Waals surface area contributed by atoms with Gasteiger partial charge in [0.05, 0.1) is 11.4 Å². The van der Waals surface area contributed by atoms with Crippen molar-refractivity contribution in [1.29, 1.82) is 0 Å². The Labute approximate surface area is 145 Å². The average Bonchev–Trinajstić information content (AvgIpc) is 3.00. The van der Waals surface area contributed by atoms with Gasteiger partial charge in [0.25, 0.3) is 11.8 Å². The minimum Gasteiger partial charge on any atom is -0.368 e. The van der Waals surface area contributed by atoms with Crippen LogP contribution in [0.4, 0.5) is 15.8 Å². The molecule has 1 aromatic heterocycles. The predicted molar refractivity (Wildman–Crippen MR) is 89.9 cm³/mol. The lowest BCUT2D eigenvalue weighted by Crippen LogP contribution is -2.45. The lowest BCUT2D eigenvalue weighted by Gasteiger charge is -2.37. The zero-order valence-corrected chi connectivity index (χ0v) is 14.4. The first kappa shape index (κ1) is 17.3. The number of carbonyl (C=O) groups is 1. The number of nitrogens with zero attached hydrogens (tertiary/aromatic N) is 4. The van der Waals surface area contributed by atoms with E-state index in [1.54, 1.807) is 17.9 Å². The van der Waals surface area contributed by atoms with Gasteiger partial charge in [-0.15, -0.1) is 0 Å². The third-order valence-corrected chi connectivity index (χ3v) is 3.98. The molecule has 134 valence electrons. The molecule has 25 heavy (non-hydrogen) atoms. The van der Waals surface area contributed by atoms with Crippen LogP contribution in [0.1, 0.15) is 25.1 Å². The van der Waals surface area contributed by atoms with Crippen LogP contribution in [-0.4, -0.2) is 42.3 Å². The van der Waals surface area contributed by atoms with Gasteiger partial charge in [-0.3, -0.25) is 4.79 Å². The molecule has 0 radical (unpaired) electrons. The Morgan fingerprint density at radius 1 is 1.36 bits per heavy atom. The summed E-state index contributed by atoms with van der Waals surface area (Å²) in [6.07, 6.45) is 0.984. The van der Waals surface area contributed by atoms with Crippen molar-refractivity contribution in [2.75, 3.05) is 36.0 Å². The highest BCUT2D eigenvalue weighted by Crippen LogP contribution is 2.33. The van der Waals surface area contributed by atoms with Crippen LogP contribution in [0.25, 0.3) is 0 Å². The Morgan fingerprint density at radius 3 is 2.92 bits per heavy atom. The van der Waals surface area contributed by atoms with E-state index in [1.165, 1.54) is 12.1 Å². The number of benzene rings is 1. The number of rotatable bonds is 6. The Bertz CT molecular complexity index is 749. The summed E-state index contributed by atoms with van der Waals surface area (Å²) in [7, 11) is 0. The van der Waals surface area contributed by atoms with Crippen molar-refractivity contribution in [3.63, 3.8) is 0 Å². The fourth-order valence-electron chi connectivity index (χ4n) is 2.91. The van der Waals surface area contributed by atoms with Gasteiger partial charge in [0.15, 0.2) is 5.82 Å². The van der Waals surface area contributed by atoms with Gasteiger partial charge in [0, 0.05) is 19.6 Å². The van der Waals surface area contributed by atoms with Crippen molar-refractivity contribution in [2.45, 2.75) is 26.9 Å². The van der Waals surface area contributed by atoms with Crippen LogP contribution < -0.4 is 9.80 Å². The van der Waals surface area contributed by atoms with Gasteiger partial charge in [-0.1, -0.05) is 12.1 Å². The normalized spacial score (nSPS) is 13.9. The Morgan fingerprint density at radius 2 is 2.20 bits per heavy atom. The minimum atomic E-state index is -0.364. The van der Waals surface area contributed by atoms with E-state index in [0.717, 1.165) is 18.7 Å². The molecule has 1 aromatic carbocycles. The van der Waals surface area contributed by atoms with Gasteiger partial charge in [-0.2, -0.15) is 4.98 Å². The molecule has 2 aromatic rings. The number of aromatic nitrogens is 2. The summed E-state index contributed by atoms with van der Waals surface area (Å²) < 4.78 is 24.0. The second kappa shape index (κ2) is 7.60. The number of hydrogen-bond donors (Lipinski definition) is 0. The zero-order chi connectivity index (χ0) is 17.8. The van der Waals surface area contributed by atoms with Gasteiger partial charge in [0.2, 0.25) is 0 Å². The summed E-state index contributed by atoms with van der Waals surface area (Å²) >= 11 is 0. The summed E-state index contributed by atoms with van der Waals surface area (Å²) in [5.41, 5.74) is 1.46. The molecule has 1 aliphatic heterocycles. The van der Waals surface area contributed by atoms with Crippen LogP contribution in [0.3, 0.4) is 0 Å².